The number of hydrogen-bond donors (Lipinski definition) is 3. The quantitative estimate of drug-likeness (QED) is 0.209. The van der Waals surface area contributed by atoms with Gasteiger partial charge in [-0.2, -0.15) is 0 Å². The Labute approximate surface area is 241 Å². The molecule has 7 nitrogen and oxygen atoms in total. The summed E-state index contributed by atoms with van der Waals surface area (Å²) in [5.41, 5.74) is 5.49. The standard InChI is InChI=1S/C32H38N6OS/c1-22-10-12-25(13-11-22)35-31(39)36-26-9-7-8-24(20-26)29-28(37-30(40-29)32(2,3)4)23-14-15-33-27(21-23)34-16-19-38-17-5-6-18-38/h7-15,20-21H,5-6,16-19H2,1-4H3,(H,33,34)(H2,35,36,39). The van der Waals surface area contributed by atoms with Crippen LogP contribution in [0.3, 0.4) is 0 Å². The van der Waals surface area contributed by atoms with Crippen molar-refractivity contribution in [1.82, 2.24) is 14.9 Å². The molecule has 0 bridgehead atoms. The molecular formula is C32H38N6OS. The number of likely N-dealkylation sites (tertiary alicyclic amines) is 1. The third-order valence-electron chi connectivity index (χ3n) is 6.93. The average molecular weight is 555 g/mol. The van der Waals surface area contributed by atoms with Crippen molar-refractivity contribution >= 4 is 34.6 Å². The van der Waals surface area contributed by atoms with Crippen LogP contribution in [-0.4, -0.2) is 47.1 Å². The lowest BCUT2D eigenvalue weighted by Crippen LogP contribution is -2.26. The second kappa shape index (κ2) is 12.2. The van der Waals surface area contributed by atoms with Gasteiger partial charge < -0.3 is 20.9 Å². The number of thiazole rings is 1. The first-order chi connectivity index (χ1) is 19.2. The van der Waals surface area contributed by atoms with Gasteiger partial charge >= 0.3 is 6.03 Å². The maximum absolute atomic E-state index is 12.7. The monoisotopic (exact) mass is 554 g/mol. The Morgan fingerprint density at radius 3 is 2.45 bits per heavy atom. The predicted molar refractivity (Wildman–Crippen MR) is 167 cm³/mol. The van der Waals surface area contributed by atoms with E-state index >= 15 is 0 Å². The number of aryl methyl sites for hydroxylation is 1. The maximum atomic E-state index is 12.7. The van der Waals surface area contributed by atoms with Gasteiger partial charge in [0.25, 0.3) is 0 Å². The second-order valence-corrected chi connectivity index (χ2v) is 12.4. The fraction of sp³-hybridized carbons (Fsp3) is 0.344. The van der Waals surface area contributed by atoms with Gasteiger partial charge in [0.1, 0.15) is 5.82 Å². The molecule has 2 amide bonds. The van der Waals surface area contributed by atoms with E-state index in [9.17, 15) is 4.79 Å². The maximum Gasteiger partial charge on any atom is 0.323 e. The van der Waals surface area contributed by atoms with Gasteiger partial charge in [-0.15, -0.1) is 11.3 Å². The van der Waals surface area contributed by atoms with Gasteiger partial charge in [-0.1, -0.05) is 50.6 Å². The number of carbonyl (C=O) groups excluding carboxylic acids is 1. The van der Waals surface area contributed by atoms with Crippen LogP contribution in [0.1, 0.15) is 44.2 Å². The van der Waals surface area contributed by atoms with Crippen molar-refractivity contribution in [3.8, 4) is 21.7 Å². The Morgan fingerprint density at radius 2 is 1.70 bits per heavy atom. The summed E-state index contributed by atoms with van der Waals surface area (Å²) in [7, 11) is 0. The molecule has 40 heavy (non-hydrogen) atoms. The van der Waals surface area contributed by atoms with E-state index in [1.54, 1.807) is 11.3 Å². The molecule has 8 heteroatoms. The molecule has 0 unspecified atom stereocenters. The number of carbonyl (C=O) groups is 1. The van der Waals surface area contributed by atoms with Gasteiger partial charge in [0.15, 0.2) is 0 Å². The van der Waals surface area contributed by atoms with Gasteiger partial charge in [0, 0.05) is 41.6 Å². The van der Waals surface area contributed by atoms with Crippen molar-refractivity contribution in [3.05, 3.63) is 77.4 Å². The normalized spacial score (nSPS) is 13.8. The molecule has 1 aliphatic rings. The molecule has 0 spiro atoms. The van der Waals surface area contributed by atoms with E-state index in [0.717, 1.165) is 62.6 Å². The summed E-state index contributed by atoms with van der Waals surface area (Å²) in [4.78, 5) is 25.9. The summed E-state index contributed by atoms with van der Waals surface area (Å²) in [5.74, 6) is 0.858. The van der Waals surface area contributed by atoms with E-state index in [1.165, 1.54) is 25.9 Å². The van der Waals surface area contributed by atoms with Crippen molar-refractivity contribution in [2.24, 2.45) is 0 Å². The summed E-state index contributed by atoms with van der Waals surface area (Å²) < 4.78 is 0. The highest BCUT2D eigenvalue weighted by Crippen LogP contribution is 2.41. The number of benzene rings is 2. The predicted octanol–water partition coefficient (Wildman–Crippen LogP) is 7.63. The number of nitrogens with zero attached hydrogens (tertiary/aromatic N) is 3. The van der Waals surface area contributed by atoms with Crippen LogP contribution in [0.25, 0.3) is 21.7 Å². The van der Waals surface area contributed by atoms with Crippen molar-refractivity contribution in [1.29, 1.82) is 0 Å². The molecule has 1 fully saturated rings. The van der Waals surface area contributed by atoms with Gasteiger partial charge in [-0.25, -0.2) is 14.8 Å². The Balaban J connectivity index is 1.38. The molecule has 5 rings (SSSR count). The zero-order valence-electron chi connectivity index (χ0n) is 23.8. The molecule has 0 aliphatic carbocycles. The minimum atomic E-state index is -0.278. The first-order valence-electron chi connectivity index (χ1n) is 13.9. The molecule has 2 aromatic carbocycles. The summed E-state index contributed by atoms with van der Waals surface area (Å²) >= 11 is 1.70. The van der Waals surface area contributed by atoms with Crippen LogP contribution in [0.2, 0.25) is 0 Å². The largest absolute Gasteiger partial charge is 0.369 e. The minimum Gasteiger partial charge on any atom is -0.369 e. The van der Waals surface area contributed by atoms with Crippen LogP contribution in [-0.2, 0) is 5.41 Å². The second-order valence-electron chi connectivity index (χ2n) is 11.4. The smallest absolute Gasteiger partial charge is 0.323 e. The van der Waals surface area contributed by atoms with Crippen LogP contribution in [0.5, 0.6) is 0 Å². The molecule has 4 aromatic rings. The third-order valence-corrected chi connectivity index (χ3v) is 8.46. The first kappa shape index (κ1) is 27.8. The van der Waals surface area contributed by atoms with Gasteiger partial charge in [-0.05, 0) is 74.8 Å². The van der Waals surface area contributed by atoms with E-state index in [0.29, 0.717) is 0 Å². The highest BCUT2D eigenvalue weighted by atomic mass is 32.1. The van der Waals surface area contributed by atoms with E-state index in [4.69, 9.17) is 4.98 Å². The minimum absolute atomic E-state index is 0.0920. The molecule has 208 valence electrons. The Hall–Kier alpha value is -3.75. The third kappa shape index (κ3) is 7.06. The molecule has 3 heterocycles. The summed E-state index contributed by atoms with van der Waals surface area (Å²) in [6.45, 7) is 12.8. The van der Waals surface area contributed by atoms with Crippen LogP contribution in [0.4, 0.5) is 22.0 Å². The molecule has 2 aromatic heterocycles. The lowest BCUT2D eigenvalue weighted by atomic mass is 9.98. The van der Waals surface area contributed by atoms with Crippen molar-refractivity contribution in [2.75, 3.05) is 42.1 Å². The topological polar surface area (TPSA) is 82.2 Å². The van der Waals surface area contributed by atoms with E-state index < -0.39 is 0 Å². The fourth-order valence-corrected chi connectivity index (χ4v) is 5.87. The zero-order valence-corrected chi connectivity index (χ0v) is 24.6. The fourth-order valence-electron chi connectivity index (χ4n) is 4.72. The number of anilines is 3. The van der Waals surface area contributed by atoms with Gasteiger partial charge in [0.2, 0.25) is 0 Å². The van der Waals surface area contributed by atoms with E-state index in [2.05, 4.69) is 58.7 Å². The van der Waals surface area contributed by atoms with Gasteiger partial charge in [0.05, 0.1) is 15.6 Å². The van der Waals surface area contributed by atoms with Crippen LogP contribution < -0.4 is 16.0 Å². The summed E-state index contributed by atoms with van der Waals surface area (Å²) in [6.07, 6.45) is 4.44. The Bertz CT molecular complexity index is 1450. The lowest BCUT2D eigenvalue weighted by molar-refractivity contribution is 0.262. The first-order valence-corrected chi connectivity index (χ1v) is 14.8. The Morgan fingerprint density at radius 1 is 0.950 bits per heavy atom. The number of pyridine rings is 1. The molecule has 0 radical (unpaired) electrons. The average Bonchev–Trinajstić information content (AvgIpc) is 3.61. The Kier molecular flexibility index (Phi) is 8.47. The molecular weight excluding hydrogens is 516 g/mol. The summed E-state index contributed by atoms with van der Waals surface area (Å²) in [6, 6.07) is 19.5. The molecule has 1 aliphatic heterocycles. The van der Waals surface area contributed by atoms with Crippen molar-refractivity contribution in [2.45, 2.75) is 46.0 Å². The highest BCUT2D eigenvalue weighted by Gasteiger charge is 2.24. The number of aromatic nitrogens is 2. The van der Waals surface area contributed by atoms with Crippen LogP contribution in [0.15, 0.2) is 66.9 Å². The van der Waals surface area contributed by atoms with Crippen molar-refractivity contribution < 1.29 is 4.79 Å². The van der Waals surface area contributed by atoms with Crippen LogP contribution >= 0.6 is 11.3 Å². The summed E-state index contributed by atoms with van der Waals surface area (Å²) in [5, 5.41) is 10.4. The highest BCUT2D eigenvalue weighted by molar-refractivity contribution is 7.15. The molecule has 0 atom stereocenters. The number of nitrogens with one attached hydrogen (secondary N) is 3. The molecule has 0 saturated carbocycles. The molecule has 3 N–H and O–H groups in total. The zero-order chi connectivity index (χ0) is 28.1. The molecule has 1 saturated heterocycles. The van der Waals surface area contributed by atoms with Crippen LogP contribution in [0, 0.1) is 6.92 Å². The number of rotatable bonds is 8. The van der Waals surface area contributed by atoms with E-state index in [-0.39, 0.29) is 11.4 Å². The number of amides is 2. The number of hydrogen-bond acceptors (Lipinski definition) is 6. The van der Waals surface area contributed by atoms with Crippen molar-refractivity contribution in [3.63, 3.8) is 0 Å². The number of urea groups is 1. The van der Waals surface area contributed by atoms with E-state index in [1.807, 2.05) is 61.7 Å². The van der Waals surface area contributed by atoms with Gasteiger partial charge in [-0.3, -0.25) is 0 Å². The SMILES string of the molecule is Cc1ccc(NC(=O)Nc2cccc(-c3sc(C(C)(C)C)nc3-c3ccnc(NCCN4CCCC4)c3)c2)cc1. The lowest BCUT2D eigenvalue weighted by Gasteiger charge is -2.15.